The zero-order valence-electron chi connectivity index (χ0n) is 24.3. The summed E-state index contributed by atoms with van der Waals surface area (Å²) in [6.07, 6.45) is 9.32. The molecule has 4 rings (SSSR count). The molecule has 3 unspecified atom stereocenters. The Morgan fingerprint density at radius 1 is 0.829 bits per heavy atom. The Bertz CT molecular complexity index is 833. The van der Waals surface area contributed by atoms with Crippen LogP contribution in [0.3, 0.4) is 0 Å². The van der Waals surface area contributed by atoms with Crippen LogP contribution in [-0.2, 0) is 0 Å². The summed E-state index contributed by atoms with van der Waals surface area (Å²) in [5.74, 6) is 1.48. The number of hydrogen-bond acceptors (Lipinski definition) is 3. The second-order valence-electron chi connectivity index (χ2n) is 15.9. The third kappa shape index (κ3) is 3.60. The predicted octanol–water partition coefficient (Wildman–Crippen LogP) is 6.99. The number of allylic oxidation sites excluding steroid dienone is 1. The van der Waals surface area contributed by atoms with Crippen molar-refractivity contribution in [2.75, 3.05) is 0 Å². The van der Waals surface area contributed by atoms with Gasteiger partial charge in [0.25, 0.3) is 0 Å². The molecule has 3 nitrogen and oxygen atoms in total. The molecule has 3 N–H and O–H groups in total. The normalized spacial score (nSPS) is 55.5. The molecule has 0 aromatic carbocycles. The van der Waals surface area contributed by atoms with E-state index in [0.717, 1.165) is 51.4 Å². The minimum atomic E-state index is -0.400. The van der Waals surface area contributed by atoms with Gasteiger partial charge < -0.3 is 15.3 Å². The van der Waals surface area contributed by atoms with E-state index >= 15 is 0 Å². The highest BCUT2D eigenvalue weighted by Gasteiger charge is 2.67. The predicted molar refractivity (Wildman–Crippen MR) is 145 cm³/mol. The highest BCUT2D eigenvalue weighted by Crippen LogP contribution is 2.73. The van der Waals surface area contributed by atoms with Gasteiger partial charge in [-0.25, -0.2) is 0 Å². The molecule has 0 heterocycles. The molecule has 35 heavy (non-hydrogen) atoms. The van der Waals surface area contributed by atoms with E-state index in [1.165, 1.54) is 0 Å². The van der Waals surface area contributed by atoms with Crippen molar-refractivity contribution in [2.24, 2.45) is 56.2 Å². The molecule has 4 saturated carbocycles. The Labute approximate surface area is 216 Å². The largest absolute Gasteiger partial charge is 0.393 e. The van der Waals surface area contributed by atoms with E-state index in [2.05, 4.69) is 75.0 Å². The summed E-state index contributed by atoms with van der Waals surface area (Å²) in [7, 11) is 0. The fraction of sp³-hybridized carbons (Fsp3) is 0.938. The molecule has 202 valence electrons. The molecule has 4 aliphatic rings. The molecule has 0 aliphatic heterocycles. The molecule has 0 saturated heterocycles. The maximum absolute atomic E-state index is 11.9. The zero-order chi connectivity index (χ0) is 26.4. The summed E-state index contributed by atoms with van der Waals surface area (Å²) in [4.78, 5) is 0. The van der Waals surface area contributed by atoms with Crippen LogP contribution in [0.1, 0.15) is 114 Å². The van der Waals surface area contributed by atoms with Crippen molar-refractivity contribution < 1.29 is 15.3 Å². The molecular formula is C32H56O3. The van der Waals surface area contributed by atoms with Gasteiger partial charge in [-0.2, -0.15) is 0 Å². The van der Waals surface area contributed by atoms with E-state index in [-0.39, 0.29) is 50.6 Å². The van der Waals surface area contributed by atoms with Crippen LogP contribution in [0.15, 0.2) is 12.7 Å². The average molecular weight is 489 g/mol. The van der Waals surface area contributed by atoms with Crippen molar-refractivity contribution in [3.8, 4) is 0 Å². The maximum atomic E-state index is 11.9. The molecule has 3 heteroatoms. The summed E-state index contributed by atoms with van der Waals surface area (Å²) in [6.45, 7) is 25.2. The lowest BCUT2D eigenvalue weighted by atomic mass is 9.35. The lowest BCUT2D eigenvalue weighted by Crippen LogP contribution is -2.66. The Kier molecular flexibility index (Phi) is 6.56. The van der Waals surface area contributed by atoms with Crippen LogP contribution in [0.4, 0.5) is 0 Å². The van der Waals surface area contributed by atoms with Gasteiger partial charge in [0.2, 0.25) is 0 Å². The van der Waals surface area contributed by atoms with Crippen LogP contribution in [0.25, 0.3) is 0 Å². The SMILES string of the molecule is C=CCC1[C@@]2(C)CC[C@H](O)C(C)(C)C2CC[C@@]1(C)[C@@]1(C)CC2CC(C)(C)[C@@H](O)[C@H](C)[C@]2(C)[C@H](O)C1. The molecule has 0 aromatic rings. The summed E-state index contributed by atoms with van der Waals surface area (Å²) < 4.78 is 0. The minimum Gasteiger partial charge on any atom is -0.393 e. The van der Waals surface area contributed by atoms with Crippen molar-refractivity contribution in [3.63, 3.8) is 0 Å². The Balaban J connectivity index is 1.75. The van der Waals surface area contributed by atoms with E-state index in [1.807, 2.05) is 0 Å². The van der Waals surface area contributed by atoms with Crippen LogP contribution >= 0.6 is 0 Å². The van der Waals surface area contributed by atoms with E-state index in [1.54, 1.807) is 0 Å². The zero-order valence-corrected chi connectivity index (χ0v) is 24.3. The van der Waals surface area contributed by atoms with Crippen LogP contribution in [0.5, 0.6) is 0 Å². The number of aliphatic hydroxyl groups excluding tert-OH is 3. The Morgan fingerprint density at radius 3 is 2.06 bits per heavy atom. The second-order valence-corrected chi connectivity index (χ2v) is 15.9. The van der Waals surface area contributed by atoms with Crippen molar-refractivity contribution >= 4 is 0 Å². The first kappa shape index (κ1) is 27.6. The molecule has 11 atom stereocenters. The monoisotopic (exact) mass is 488 g/mol. The summed E-state index contributed by atoms with van der Waals surface area (Å²) >= 11 is 0. The molecule has 0 radical (unpaired) electrons. The van der Waals surface area contributed by atoms with Gasteiger partial charge in [-0.15, -0.1) is 6.58 Å². The molecule has 0 amide bonds. The molecule has 0 aromatic heterocycles. The standard InChI is InChI=1S/C32H56O3/c1-11-12-23-30(8)15-14-24(33)28(5,6)22(30)13-16-31(23,9)29(7)18-21-17-27(3,4)26(35)20(2)32(21,10)25(34)19-29/h11,20-26,33-35H,1,12-19H2,2-10H3/t20-,21?,22?,23?,24-,25+,26-,29-,30-,31+,32-/m0/s1. The molecule has 4 aliphatic carbocycles. The number of fused-ring (bicyclic) bond motifs is 2. The van der Waals surface area contributed by atoms with Crippen LogP contribution in [0.2, 0.25) is 0 Å². The van der Waals surface area contributed by atoms with Gasteiger partial charge in [0, 0.05) is 5.41 Å². The van der Waals surface area contributed by atoms with Gasteiger partial charge in [-0.05, 0) is 102 Å². The average Bonchev–Trinajstić information content (AvgIpc) is 2.75. The van der Waals surface area contributed by atoms with Crippen LogP contribution in [0, 0.1) is 56.2 Å². The lowest BCUT2D eigenvalue weighted by Gasteiger charge is -2.70. The van der Waals surface area contributed by atoms with Gasteiger partial charge in [-0.1, -0.05) is 68.4 Å². The van der Waals surface area contributed by atoms with Gasteiger partial charge in [-0.3, -0.25) is 0 Å². The van der Waals surface area contributed by atoms with Gasteiger partial charge in [0.15, 0.2) is 0 Å². The first-order valence-corrected chi connectivity index (χ1v) is 14.6. The number of rotatable bonds is 3. The first-order valence-electron chi connectivity index (χ1n) is 14.6. The van der Waals surface area contributed by atoms with Crippen LogP contribution in [-0.4, -0.2) is 33.6 Å². The highest BCUT2D eigenvalue weighted by molar-refractivity contribution is 5.17. The molecule has 0 spiro atoms. The summed E-state index contributed by atoms with van der Waals surface area (Å²) in [5.41, 5.74) is -0.160. The fourth-order valence-corrected chi connectivity index (χ4v) is 10.9. The maximum Gasteiger partial charge on any atom is 0.0623 e. The van der Waals surface area contributed by atoms with Gasteiger partial charge >= 0.3 is 0 Å². The van der Waals surface area contributed by atoms with E-state index in [0.29, 0.717) is 17.8 Å². The second kappa shape index (κ2) is 8.31. The van der Waals surface area contributed by atoms with Gasteiger partial charge in [0.05, 0.1) is 18.3 Å². The smallest absolute Gasteiger partial charge is 0.0623 e. The van der Waals surface area contributed by atoms with Crippen LogP contribution < -0.4 is 0 Å². The topological polar surface area (TPSA) is 60.7 Å². The summed E-state index contributed by atoms with van der Waals surface area (Å²) in [5, 5.41) is 34.0. The van der Waals surface area contributed by atoms with Gasteiger partial charge in [0.1, 0.15) is 0 Å². The third-order valence-electron chi connectivity index (χ3n) is 13.8. The number of hydrogen-bond donors (Lipinski definition) is 3. The van der Waals surface area contributed by atoms with Crippen molar-refractivity contribution in [1.82, 2.24) is 0 Å². The quantitative estimate of drug-likeness (QED) is 0.375. The van der Waals surface area contributed by atoms with Crippen molar-refractivity contribution in [3.05, 3.63) is 12.7 Å². The molecule has 0 bridgehead atoms. The first-order chi connectivity index (χ1) is 15.9. The van der Waals surface area contributed by atoms with Crippen molar-refractivity contribution in [2.45, 2.75) is 132 Å². The van der Waals surface area contributed by atoms with E-state index in [4.69, 9.17) is 0 Å². The number of aliphatic hydroxyl groups is 3. The van der Waals surface area contributed by atoms with E-state index < -0.39 is 6.10 Å². The Hall–Kier alpha value is -0.380. The minimum absolute atomic E-state index is 0.0244. The Morgan fingerprint density at radius 2 is 1.46 bits per heavy atom. The molecular weight excluding hydrogens is 432 g/mol. The third-order valence-corrected chi connectivity index (χ3v) is 13.8. The molecule has 4 fully saturated rings. The highest BCUT2D eigenvalue weighted by atomic mass is 16.3. The fourth-order valence-electron chi connectivity index (χ4n) is 10.9. The van der Waals surface area contributed by atoms with Crippen molar-refractivity contribution in [1.29, 1.82) is 0 Å². The van der Waals surface area contributed by atoms with E-state index in [9.17, 15) is 15.3 Å². The summed E-state index contributed by atoms with van der Waals surface area (Å²) in [6, 6.07) is 0. The lowest BCUT2D eigenvalue weighted by molar-refractivity contribution is -0.245.